The molecule has 7 atom stereocenters. The fourth-order valence-corrected chi connectivity index (χ4v) is 4.74. The van der Waals surface area contributed by atoms with E-state index >= 15 is 0 Å². The van der Waals surface area contributed by atoms with Crippen molar-refractivity contribution in [1.29, 1.82) is 0 Å². The van der Waals surface area contributed by atoms with Gasteiger partial charge in [0.1, 0.15) is 72.3 Å². The Morgan fingerprint density at radius 2 is 1.79 bits per heavy atom. The molecule has 0 saturated carbocycles. The van der Waals surface area contributed by atoms with Crippen LogP contribution in [0.5, 0.6) is 28.7 Å². The molecule has 7 unspecified atom stereocenters. The van der Waals surface area contributed by atoms with E-state index in [1.807, 2.05) is 12.1 Å². The van der Waals surface area contributed by atoms with Crippen molar-refractivity contribution in [3.63, 3.8) is 0 Å². The van der Waals surface area contributed by atoms with E-state index in [-0.39, 0.29) is 29.8 Å². The second-order valence-corrected chi connectivity index (χ2v) is 9.10. The fourth-order valence-electron chi connectivity index (χ4n) is 4.74. The number of rotatable bonds is 7. The molecule has 1 fully saturated rings. The molecule has 3 aliphatic heterocycles. The first kappa shape index (κ1) is 25.9. The number of esters is 1. The highest BCUT2D eigenvalue weighted by molar-refractivity contribution is 5.90. The van der Waals surface area contributed by atoms with E-state index in [9.17, 15) is 30.0 Å². The lowest BCUT2D eigenvalue weighted by molar-refractivity contribution is -0.278. The Morgan fingerprint density at radius 1 is 1.03 bits per heavy atom. The van der Waals surface area contributed by atoms with Crippen LogP contribution in [0.15, 0.2) is 30.3 Å². The van der Waals surface area contributed by atoms with E-state index in [4.69, 9.17) is 33.5 Å². The van der Waals surface area contributed by atoms with Gasteiger partial charge in [-0.3, -0.25) is 9.59 Å². The quantitative estimate of drug-likeness (QED) is 0.240. The van der Waals surface area contributed by atoms with Gasteiger partial charge in [-0.25, -0.2) is 0 Å². The van der Waals surface area contributed by atoms with Gasteiger partial charge in [0.15, 0.2) is 0 Å². The number of carboxylic acid groups (broad SMARTS) is 1. The standard InChI is InChI=1S/C25H26O13/c1-33-10-2-3-12-13-8-34-16-6-11(4-14(26)20(16)24(13)37-15(12)5-10)36-25-23(32)22(31)21(30)17(38-25)9-35-19(29)7-18(27)28/h2-6,13,17,21-26,30-32H,7-9H2,1H3,(H,27,28). The number of methoxy groups -OCH3 is 1. The molecule has 0 aromatic heterocycles. The molecule has 0 amide bonds. The van der Waals surface area contributed by atoms with Gasteiger partial charge in [-0.15, -0.1) is 0 Å². The topological polar surface area (TPSA) is 191 Å². The average Bonchev–Trinajstić information content (AvgIpc) is 3.25. The van der Waals surface area contributed by atoms with E-state index in [2.05, 4.69) is 0 Å². The van der Waals surface area contributed by atoms with Crippen LogP contribution in [-0.4, -0.2) is 88.5 Å². The number of carboxylic acids is 1. The monoisotopic (exact) mass is 534 g/mol. The van der Waals surface area contributed by atoms with E-state index < -0.39 is 61.8 Å². The maximum absolute atomic E-state index is 11.5. The highest BCUT2D eigenvalue weighted by atomic mass is 16.7. The van der Waals surface area contributed by atoms with E-state index in [0.29, 0.717) is 17.1 Å². The Bertz CT molecular complexity index is 1230. The van der Waals surface area contributed by atoms with Crippen LogP contribution in [0.2, 0.25) is 0 Å². The molecule has 5 N–H and O–H groups in total. The molecule has 0 bridgehead atoms. The van der Waals surface area contributed by atoms with Gasteiger partial charge >= 0.3 is 11.9 Å². The second-order valence-electron chi connectivity index (χ2n) is 9.10. The molecule has 3 aliphatic rings. The van der Waals surface area contributed by atoms with Gasteiger partial charge in [0.05, 0.1) is 25.2 Å². The molecule has 0 spiro atoms. The summed E-state index contributed by atoms with van der Waals surface area (Å²) in [5, 5.41) is 50.4. The Balaban J connectivity index is 1.31. The molecule has 0 radical (unpaired) electrons. The lowest BCUT2D eigenvalue weighted by Gasteiger charge is -2.40. The highest BCUT2D eigenvalue weighted by Gasteiger charge is 2.46. The maximum atomic E-state index is 11.5. The predicted molar refractivity (Wildman–Crippen MR) is 123 cm³/mol. The first-order chi connectivity index (χ1) is 18.2. The molecule has 2 aromatic carbocycles. The molecular formula is C25H26O13. The van der Waals surface area contributed by atoms with Gasteiger partial charge in [-0.05, 0) is 6.07 Å². The summed E-state index contributed by atoms with van der Waals surface area (Å²) in [5.41, 5.74) is 1.33. The number of benzene rings is 2. The summed E-state index contributed by atoms with van der Waals surface area (Å²) in [6, 6.07) is 8.20. The number of phenols is 1. The van der Waals surface area contributed by atoms with Crippen LogP contribution in [-0.2, 0) is 19.1 Å². The Morgan fingerprint density at radius 3 is 2.53 bits per heavy atom. The van der Waals surface area contributed by atoms with Crippen molar-refractivity contribution in [3.05, 3.63) is 41.5 Å². The Hall–Kier alpha value is -3.78. The minimum absolute atomic E-state index is 0.0196. The molecule has 1 saturated heterocycles. The van der Waals surface area contributed by atoms with Gasteiger partial charge < -0.3 is 54.0 Å². The number of aromatic hydroxyl groups is 1. The lowest BCUT2D eigenvalue weighted by atomic mass is 9.89. The van der Waals surface area contributed by atoms with Crippen molar-refractivity contribution in [1.82, 2.24) is 0 Å². The van der Waals surface area contributed by atoms with Crippen molar-refractivity contribution >= 4 is 11.9 Å². The van der Waals surface area contributed by atoms with Gasteiger partial charge in [-0.2, -0.15) is 0 Å². The van der Waals surface area contributed by atoms with Crippen LogP contribution in [0, 0.1) is 0 Å². The summed E-state index contributed by atoms with van der Waals surface area (Å²) in [6.45, 7) is -0.335. The van der Waals surface area contributed by atoms with Crippen LogP contribution in [0.4, 0.5) is 0 Å². The van der Waals surface area contributed by atoms with Gasteiger partial charge in [0.25, 0.3) is 0 Å². The summed E-state index contributed by atoms with van der Waals surface area (Å²) in [7, 11) is 1.55. The minimum atomic E-state index is -1.73. The first-order valence-corrected chi connectivity index (χ1v) is 11.7. The number of hydrogen-bond donors (Lipinski definition) is 5. The summed E-state index contributed by atoms with van der Waals surface area (Å²) in [5.74, 6) is -1.28. The third-order valence-electron chi connectivity index (χ3n) is 6.66. The molecule has 13 heteroatoms. The number of carbonyl (C=O) groups excluding carboxylic acids is 1. The smallest absolute Gasteiger partial charge is 0.317 e. The molecule has 3 heterocycles. The van der Waals surface area contributed by atoms with Crippen LogP contribution in [0.1, 0.15) is 29.6 Å². The van der Waals surface area contributed by atoms with Crippen LogP contribution in [0.25, 0.3) is 0 Å². The molecular weight excluding hydrogens is 508 g/mol. The second kappa shape index (κ2) is 10.2. The van der Waals surface area contributed by atoms with Gasteiger partial charge in [0, 0.05) is 23.8 Å². The van der Waals surface area contributed by atoms with Crippen molar-refractivity contribution in [2.24, 2.45) is 0 Å². The van der Waals surface area contributed by atoms with Crippen molar-refractivity contribution < 1.29 is 63.5 Å². The van der Waals surface area contributed by atoms with Crippen molar-refractivity contribution in [3.8, 4) is 28.7 Å². The van der Waals surface area contributed by atoms with Crippen LogP contribution < -0.4 is 18.9 Å². The SMILES string of the molecule is COc1ccc2c(c1)OC1c3c(O)cc(OC4OC(COC(=O)CC(=O)O)C(O)C(O)C4O)cc3OCC21. The number of carbonyl (C=O) groups is 2. The first-order valence-electron chi connectivity index (χ1n) is 11.7. The number of phenolic OH excluding ortho intramolecular Hbond substituents is 1. The number of fused-ring (bicyclic) bond motifs is 5. The van der Waals surface area contributed by atoms with E-state index in [1.54, 1.807) is 13.2 Å². The molecule has 0 aliphatic carbocycles. The molecule has 5 rings (SSSR count). The third kappa shape index (κ3) is 4.76. The number of aliphatic hydroxyl groups is 3. The zero-order valence-corrected chi connectivity index (χ0v) is 20.1. The highest BCUT2D eigenvalue weighted by Crippen LogP contribution is 2.54. The number of ether oxygens (including phenoxy) is 6. The molecule has 2 aromatic rings. The molecule has 13 nitrogen and oxygen atoms in total. The Labute approximate surface area is 215 Å². The third-order valence-corrected chi connectivity index (χ3v) is 6.66. The predicted octanol–water partition coefficient (Wildman–Crippen LogP) is 0.215. The molecule has 38 heavy (non-hydrogen) atoms. The number of hydrogen-bond acceptors (Lipinski definition) is 12. The number of aliphatic carboxylic acids is 1. The Kier molecular flexibility index (Phi) is 6.92. The lowest BCUT2D eigenvalue weighted by Crippen LogP contribution is -2.60. The normalized spacial score (nSPS) is 29.1. The largest absolute Gasteiger partial charge is 0.507 e. The van der Waals surface area contributed by atoms with Gasteiger partial charge in [-0.1, -0.05) is 6.07 Å². The minimum Gasteiger partial charge on any atom is -0.507 e. The zero-order chi connectivity index (χ0) is 27.1. The average molecular weight is 534 g/mol. The zero-order valence-electron chi connectivity index (χ0n) is 20.1. The van der Waals surface area contributed by atoms with Crippen molar-refractivity contribution in [2.45, 2.75) is 49.1 Å². The van der Waals surface area contributed by atoms with Gasteiger partial charge in [0.2, 0.25) is 6.29 Å². The van der Waals surface area contributed by atoms with E-state index in [1.165, 1.54) is 12.1 Å². The fraction of sp³-hybridized carbons (Fsp3) is 0.440. The van der Waals surface area contributed by atoms with E-state index in [0.717, 1.165) is 5.56 Å². The van der Waals surface area contributed by atoms with Crippen molar-refractivity contribution in [2.75, 3.05) is 20.3 Å². The van der Waals surface area contributed by atoms with Crippen LogP contribution >= 0.6 is 0 Å². The summed E-state index contributed by atoms with van der Waals surface area (Å²) in [4.78, 5) is 22.2. The maximum Gasteiger partial charge on any atom is 0.317 e. The summed E-state index contributed by atoms with van der Waals surface area (Å²) >= 11 is 0. The summed E-state index contributed by atoms with van der Waals surface area (Å²) in [6.07, 6.45) is -9.38. The summed E-state index contributed by atoms with van der Waals surface area (Å²) < 4.78 is 33.2. The van der Waals surface area contributed by atoms with Crippen LogP contribution in [0.3, 0.4) is 0 Å². The number of aliphatic hydroxyl groups excluding tert-OH is 3. The molecule has 204 valence electrons.